The topological polar surface area (TPSA) is 37.8 Å². The molecule has 1 N–H and O–H groups in total. The highest BCUT2D eigenvalue weighted by Crippen LogP contribution is 2.14. The van der Waals surface area contributed by atoms with Gasteiger partial charge in [-0.25, -0.2) is 9.97 Å². The number of aromatic nitrogens is 2. The molecule has 4 heteroatoms. The Labute approximate surface area is 99.6 Å². The Morgan fingerprint density at radius 1 is 1.44 bits per heavy atom. The SMILES string of the molecule is CCc1cccnc1NCc1csc(C)n1. The number of pyridine rings is 1. The lowest BCUT2D eigenvalue weighted by Gasteiger charge is -2.07. The monoisotopic (exact) mass is 233 g/mol. The first-order valence-corrected chi connectivity index (χ1v) is 6.26. The number of nitrogens with zero attached hydrogens (tertiary/aromatic N) is 2. The molecule has 0 aliphatic rings. The Morgan fingerprint density at radius 2 is 2.31 bits per heavy atom. The third kappa shape index (κ3) is 2.58. The minimum Gasteiger partial charge on any atom is -0.364 e. The first-order chi connectivity index (χ1) is 7.79. The summed E-state index contributed by atoms with van der Waals surface area (Å²) in [5, 5.41) is 6.51. The van der Waals surface area contributed by atoms with Crippen LogP contribution in [0.4, 0.5) is 5.82 Å². The Morgan fingerprint density at radius 3 is 3.00 bits per heavy atom. The number of rotatable bonds is 4. The van der Waals surface area contributed by atoms with E-state index in [0.29, 0.717) is 0 Å². The van der Waals surface area contributed by atoms with E-state index in [2.05, 4.69) is 33.7 Å². The largest absolute Gasteiger partial charge is 0.364 e. The summed E-state index contributed by atoms with van der Waals surface area (Å²) in [6, 6.07) is 4.07. The van der Waals surface area contributed by atoms with Gasteiger partial charge < -0.3 is 5.32 Å². The zero-order chi connectivity index (χ0) is 11.4. The fourth-order valence-corrected chi connectivity index (χ4v) is 2.16. The van der Waals surface area contributed by atoms with Gasteiger partial charge in [-0.1, -0.05) is 13.0 Å². The standard InChI is InChI=1S/C12H15N3S/c1-3-10-5-4-6-13-12(10)14-7-11-8-16-9(2)15-11/h4-6,8H,3,7H2,1-2H3,(H,13,14). The molecule has 0 spiro atoms. The van der Waals surface area contributed by atoms with E-state index in [9.17, 15) is 0 Å². The highest BCUT2D eigenvalue weighted by atomic mass is 32.1. The van der Waals surface area contributed by atoms with Crippen LogP contribution in [0.2, 0.25) is 0 Å². The zero-order valence-electron chi connectivity index (χ0n) is 9.53. The molecular weight excluding hydrogens is 218 g/mol. The van der Waals surface area contributed by atoms with Crippen LogP contribution in [0.3, 0.4) is 0 Å². The fraction of sp³-hybridized carbons (Fsp3) is 0.333. The number of nitrogens with one attached hydrogen (secondary N) is 1. The minimum absolute atomic E-state index is 0.744. The van der Waals surface area contributed by atoms with E-state index >= 15 is 0 Å². The second-order valence-electron chi connectivity index (χ2n) is 3.58. The second-order valence-corrected chi connectivity index (χ2v) is 4.64. The average molecular weight is 233 g/mol. The van der Waals surface area contributed by atoms with Crippen LogP contribution >= 0.6 is 11.3 Å². The Bertz CT molecular complexity index is 465. The van der Waals surface area contributed by atoms with E-state index in [-0.39, 0.29) is 0 Å². The zero-order valence-corrected chi connectivity index (χ0v) is 10.3. The van der Waals surface area contributed by atoms with Gasteiger partial charge in [0.1, 0.15) is 5.82 Å². The van der Waals surface area contributed by atoms with Gasteiger partial charge in [0.25, 0.3) is 0 Å². The van der Waals surface area contributed by atoms with Crippen molar-refractivity contribution in [2.24, 2.45) is 0 Å². The highest BCUT2D eigenvalue weighted by molar-refractivity contribution is 7.09. The van der Waals surface area contributed by atoms with E-state index in [1.165, 1.54) is 5.56 Å². The molecule has 0 aliphatic carbocycles. The van der Waals surface area contributed by atoms with E-state index in [1.807, 2.05) is 19.2 Å². The predicted octanol–water partition coefficient (Wildman–Crippen LogP) is 3.02. The minimum atomic E-state index is 0.744. The molecule has 0 radical (unpaired) electrons. The number of hydrogen-bond acceptors (Lipinski definition) is 4. The molecule has 2 aromatic rings. The number of anilines is 1. The van der Waals surface area contributed by atoms with Crippen LogP contribution in [0.25, 0.3) is 0 Å². The Balaban J connectivity index is 2.04. The Kier molecular flexibility index (Phi) is 3.51. The lowest BCUT2D eigenvalue weighted by atomic mass is 10.2. The molecule has 2 rings (SSSR count). The van der Waals surface area contributed by atoms with Crippen molar-refractivity contribution >= 4 is 17.2 Å². The molecule has 0 aromatic carbocycles. The van der Waals surface area contributed by atoms with Gasteiger partial charge in [-0.3, -0.25) is 0 Å². The smallest absolute Gasteiger partial charge is 0.129 e. The molecule has 0 saturated heterocycles. The van der Waals surface area contributed by atoms with Crippen molar-refractivity contribution in [2.45, 2.75) is 26.8 Å². The molecule has 3 nitrogen and oxygen atoms in total. The van der Waals surface area contributed by atoms with Gasteiger partial charge in [0.05, 0.1) is 17.2 Å². The maximum atomic E-state index is 4.41. The van der Waals surface area contributed by atoms with Crippen molar-refractivity contribution in [1.29, 1.82) is 0 Å². The lowest BCUT2D eigenvalue weighted by molar-refractivity contribution is 1.01. The van der Waals surface area contributed by atoms with Crippen molar-refractivity contribution in [3.05, 3.63) is 40.0 Å². The molecule has 0 amide bonds. The molecule has 2 aromatic heterocycles. The number of thiazole rings is 1. The second kappa shape index (κ2) is 5.07. The molecule has 0 fully saturated rings. The molecule has 2 heterocycles. The van der Waals surface area contributed by atoms with Gasteiger partial charge in [0.2, 0.25) is 0 Å². The van der Waals surface area contributed by atoms with Gasteiger partial charge in [0, 0.05) is 11.6 Å². The summed E-state index contributed by atoms with van der Waals surface area (Å²) >= 11 is 1.68. The van der Waals surface area contributed by atoms with Gasteiger partial charge in [-0.15, -0.1) is 11.3 Å². The summed E-state index contributed by atoms with van der Waals surface area (Å²) in [7, 11) is 0. The molecular formula is C12H15N3S. The van der Waals surface area contributed by atoms with Crippen LogP contribution < -0.4 is 5.32 Å². The Hall–Kier alpha value is -1.42. The molecule has 0 saturated carbocycles. The van der Waals surface area contributed by atoms with Crippen molar-refractivity contribution in [3.8, 4) is 0 Å². The van der Waals surface area contributed by atoms with Gasteiger partial charge in [-0.05, 0) is 25.0 Å². The van der Waals surface area contributed by atoms with Crippen LogP contribution in [-0.4, -0.2) is 9.97 Å². The normalized spacial score (nSPS) is 10.4. The molecule has 0 unspecified atom stereocenters. The van der Waals surface area contributed by atoms with E-state index in [0.717, 1.165) is 29.5 Å². The molecule has 16 heavy (non-hydrogen) atoms. The van der Waals surface area contributed by atoms with Crippen LogP contribution in [0.15, 0.2) is 23.7 Å². The quantitative estimate of drug-likeness (QED) is 0.882. The van der Waals surface area contributed by atoms with Crippen LogP contribution in [0, 0.1) is 6.92 Å². The number of hydrogen-bond donors (Lipinski definition) is 1. The summed E-state index contributed by atoms with van der Waals surface area (Å²) in [6.07, 6.45) is 2.81. The van der Waals surface area contributed by atoms with E-state index in [4.69, 9.17) is 0 Å². The highest BCUT2D eigenvalue weighted by Gasteiger charge is 2.02. The molecule has 0 atom stereocenters. The maximum absolute atomic E-state index is 4.41. The van der Waals surface area contributed by atoms with Crippen LogP contribution in [0.1, 0.15) is 23.2 Å². The van der Waals surface area contributed by atoms with E-state index < -0.39 is 0 Å². The van der Waals surface area contributed by atoms with Gasteiger partial charge >= 0.3 is 0 Å². The maximum Gasteiger partial charge on any atom is 0.129 e. The first kappa shape index (κ1) is 11.1. The van der Waals surface area contributed by atoms with Crippen molar-refractivity contribution in [3.63, 3.8) is 0 Å². The summed E-state index contributed by atoms with van der Waals surface area (Å²) in [5.74, 6) is 0.968. The van der Waals surface area contributed by atoms with Crippen molar-refractivity contribution < 1.29 is 0 Å². The van der Waals surface area contributed by atoms with E-state index in [1.54, 1.807) is 11.3 Å². The third-order valence-electron chi connectivity index (χ3n) is 2.38. The average Bonchev–Trinajstić information content (AvgIpc) is 2.73. The molecule has 0 aliphatic heterocycles. The van der Waals surface area contributed by atoms with Gasteiger partial charge in [0.15, 0.2) is 0 Å². The molecule has 84 valence electrons. The first-order valence-electron chi connectivity index (χ1n) is 5.38. The van der Waals surface area contributed by atoms with Crippen molar-refractivity contribution in [2.75, 3.05) is 5.32 Å². The lowest BCUT2D eigenvalue weighted by Crippen LogP contribution is -2.04. The fourth-order valence-electron chi connectivity index (χ4n) is 1.55. The van der Waals surface area contributed by atoms with Gasteiger partial charge in [-0.2, -0.15) is 0 Å². The molecule has 0 bridgehead atoms. The van der Waals surface area contributed by atoms with Crippen molar-refractivity contribution in [1.82, 2.24) is 9.97 Å². The third-order valence-corrected chi connectivity index (χ3v) is 3.20. The number of aryl methyl sites for hydroxylation is 2. The summed E-state index contributed by atoms with van der Waals surface area (Å²) in [5.41, 5.74) is 2.32. The predicted molar refractivity (Wildman–Crippen MR) is 67.8 cm³/mol. The summed E-state index contributed by atoms with van der Waals surface area (Å²) in [6.45, 7) is 4.90. The summed E-state index contributed by atoms with van der Waals surface area (Å²) < 4.78 is 0. The summed E-state index contributed by atoms with van der Waals surface area (Å²) in [4.78, 5) is 8.75. The van der Waals surface area contributed by atoms with Crippen LogP contribution in [-0.2, 0) is 13.0 Å². The van der Waals surface area contributed by atoms with Crippen LogP contribution in [0.5, 0.6) is 0 Å².